The molecule has 0 spiro atoms. The highest BCUT2D eigenvalue weighted by molar-refractivity contribution is 5.92. The fraction of sp³-hybridized carbons (Fsp3) is 0.0556. The van der Waals surface area contributed by atoms with Crippen LogP contribution in [0.3, 0.4) is 0 Å². The Hall–Kier alpha value is -3.28. The zero-order chi connectivity index (χ0) is 17.1. The molecular formula is C18H13FN2O3. The number of carboxylic acid groups (broad SMARTS) is 1. The number of allylic oxidation sites excluding steroid dienone is 1. The Balaban J connectivity index is 2.09. The summed E-state index contributed by atoms with van der Waals surface area (Å²) in [7, 11) is 0. The van der Waals surface area contributed by atoms with Crippen molar-refractivity contribution in [1.29, 1.82) is 0 Å². The number of carbonyl (C=O) groups is 1. The summed E-state index contributed by atoms with van der Waals surface area (Å²) >= 11 is 0. The molecule has 2 aromatic heterocycles. The average molecular weight is 324 g/mol. The van der Waals surface area contributed by atoms with E-state index < -0.39 is 17.2 Å². The van der Waals surface area contributed by atoms with E-state index in [1.807, 2.05) is 18.2 Å². The second-order valence-electron chi connectivity index (χ2n) is 5.15. The van der Waals surface area contributed by atoms with Crippen molar-refractivity contribution in [3.05, 3.63) is 82.2 Å². The molecule has 120 valence electrons. The second-order valence-corrected chi connectivity index (χ2v) is 5.15. The maximum Gasteiger partial charge on any atom is 0.341 e. The first-order valence-electron chi connectivity index (χ1n) is 7.19. The van der Waals surface area contributed by atoms with Gasteiger partial charge < -0.3 is 9.67 Å². The Morgan fingerprint density at radius 1 is 1.25 bits per heavy atom. The third kappa shape index (κ3) is 2.94. The Kier molecular flexibility index (Phi) is 4.20. The van der Waals surface area contributed by atoms with E-state index in [9.17, 15) is 19.1 Å². The summed E-state index contributed by atoms with van der Waals surface area (Å²) in [5.74, 6) is -1.91. The molecule has 0 aliphatic carbocycles. The van der Waals surface area contributed by atoms with Crippen molar-refractivity contribution >= 4 is 22.9 Å². The molecule has 0 saturated heterocycles. The van der Waals surface area contributed by atoms with E-state index in [1.54, 1.807) is 18.5 Å². The van der Waals surface area contributed by atoms with Gasteiger partial charge in [-0.3, -0.25) is 9.78 Å². The van der Waals surface area contributed by atoms with Gasteiger partial charge >= 0.3 is 5.97 Å². The van der Waals surface area contributed by atoms with Gasteiger partial charge in [-0.1, -0.05) is 18.2 Å². The Morgan fingerprint density at radius 2 is 2.00 bits per heavy atom. The Bertz CT molecular complexity index is 994. The number of nitrogens with zero attached hydrogens (tertiary/aromatic N) is 2. The number of aromatic carboxylic acids is 1. The predicted octanol–water partition coefficient (Wildman–Crippen LogP) is 2.95. The van der Waals surface area contributed by atoms with E-state index in [1.165, 1.54) is 29.0 Å². The monoisotopic (exact) mass is 324 g/mol. The van der Waals surface area contributed by atoms with Crippen LogP contribution in [0.5, 0.6) is 0 Å². The van der Waals surface area contributed by atoms with Gasteiger partial charge in [-0.05, 0) is 29.8 Å². The van der Waals surface area contributed by atoms with Crippen molar-refractivity contribution in [3.63, 3.8) is 0 Å². The average Bonchev–Trinajstić information content (AvgIpc) is 2.58. The van der Waals surface area contributed by atoms with Gasteiger partial charge in [0.1, 0.15) is 11.4 Å². The normalized spacial score (nSPS) is 11.2. The first-order chi connectivity index (χ1) is 11.6. The minimum atomic E-state index is -1.34. The maximum absolute atomic E-state index is 14.2. The number of para-hydroxylation sites is 1. The van der Waals surface area contributed by atoms with Crippen LogP contribution in [0, 0.1) is 5.82 Å². The lowest BCUT2D eigenvalue weighted by molar-refractivity contribution is 0.0695. The molecule has 0 aliphatic heterocycles. The summed E-state index contributed by atoms with van der Waals surface area (Å²) in [5.41, 5.74) is -0.0714. The summed E-state index contributed by atoms with van der Waals surface area (Å²) in [6.07, 6.45) is 8.05. The van der Waals surface area contributed by atoms with Crippen molar-refractivity contribution in [2.45, 2.75) is 6.54 Å². The molecule has 1 aromatic carbocycles. The molecule has 0 atom stereocenters. The molecule has 1 N–H and O–H groups in total. The summed E-state index contributed by atoms with van der Waals surface area (Å²) in [6.45, 7) is 0.223. The lowest BCUT2D eigenvalue weighted by Gasteiger charge is -2.11. The Morgan fingerprint density at radius 3 is 2.71 bits per heavy atom. The number of halogens is 1. The van der Waals surface area contributed by atoms with Crippen LogP contribution in [0.1, 0.15) is 15.9 Å². The lowest BCUT2D eigenvalue weighted by atomic mass is 10.1. The van der Waals surface area contributed by atoms with E-state index in [-0.39, 0.29) is 23.0 Å². The lowest BCUT2D eigenvalue weighted by Crippen LogP contribution is -2.19. The molecule has 0 amide bonds. The van der Waals surface area contributed by atoms with E-state index in [4.69, 9.17) is 0 Å². The van der Waals surface area contributed by atoms with Gasteiger partial charge in [0, 0.05) is 30.5 Å². The molecule has 3 rings (SSSR count). The van der Waals surface area contributed by atoms with Crippen molar-refractivity contribution in [2.24, 2.45) is 0 Å². The summed E-state index contributed by atoms with van der Waals surface area (Å²) in [4.78, 5) is 27.4. The van der Waals surface area contributed by atoms with Gasteiger partial charge in [0.15, 0.2) is 0 Å². The van der Waals surface area contributed by atoms with E-state index in [0.29, 0.717) is 0 Å². The van der Waals surface area contributed by atoms with Crippen molar-refractivity contribution in [2.75, 3.05) is 0 Å². The predicted molar refractivity (Wildman–Crippen MR) is 88.4 cm³/mol. The number of carboxylic acids is 1. The van der Waals surface area contributed by atoms with Gasteiger partial charge in [0.05, 0.1) is 5.52 Å². The van der Waals surface area contributed by atoms with Gasteiger partial charge in [0.25, 0.3) is 0 Å². The first kappa shape index (κ1) is 15.6. The number of rotatable bonds is 4. The third-order valence-electron chi connectivity index (χ3n) is 3.60. The van der Waals surface area contributed by atoms with Gasteiger partial charge in [0.2, 0.25) is 5.43 Å². The SMILES string of the molecule is O=C(O)c1cn(C/C=C/c2ccncc2)c2c(F)cccc2c1=O. The van der Waals surface area contributed by atoms with E-state index >= 15 is 0 Å². The number of hydrogen-bond donors (Lipinski definition) is 1. The van der Waals surface area contributed by atoms with Crippen LogP contribution in [-0.4, -0.2) is 20.6 Å². The Labute approximate surface area is 136 Å². The molecule has 0 unspecified atom stereocenters. The summed E-state index contributed by atoms with van der Waals surface area (Å²) < 4.78 is 15.6. The molecule has 5 nitrogen and oxygen atoms in total. The molecule has 0 saturated carbocycles. The fourth-order valence-electron chi connectivity index (χ4n) is 2.49. The summed E-state index contributed by atoms with van der Waals surface area (Å²) in [5, 5.41) is 9.24. The van der Waals surface area contributed by atoms with Crippen LogP contribution in [-0.2, 0) is 6.54 Å². The second kappa shape index (κ2) is 6.45. The molecular weight excluding hydrogens is 311 g/mol. The standard InChI is InChI=1S/C18H13FN2O3/c19-15-5-1-4-13-16(15)21(11-14(17(13)22)18(23)24)10-2-3-12-6-8-20-9-7-12/h1-9,11H,10H2,(H,23,24)/b3-2+. The van der Waals surface area contributed by atoms with Crippen LogP contribution in [0.2, 0.25) is 0 Å². The van der Waals surface area contributed by atoms with Crippen LogP contribution in [0.4, 0.5) is 4.39 Å². The number of benzene rings is 1. The summed E-state index contributed by atoms with van der Waals surface area (Å²) in [6, 6.07) is 7.68. The number of aromatic nitrogens is 2. The number of pyridine rings is 2. The molecule has 2 heterocycles. The smallest absolute Gasteiger partial charge is 0.341 e. The first-order valence-corrected chi connectivity index (χ1v) is 7.19. The van der Waals surface area contributed by atoms with Crippen LogP contribution in [0.25, 0.3) is 17.0 Å². The van der Waals surface area contributed by atoms with Gasteiger partial charge in [-0.2, -0.15) is 0 Å². The van der Waals surface area contributed by atoms with Crippen LogP contribution >= 0.6 is 0 Å². The maximum atomic E-state index is 14.2. The zero-order valence-corrected chi connectivity index (χ0v) is 12.5. The molecule has 0 fully saturated rings. The van der Waals surface area contributed by atoms with Crippen LogP contribution in [0.15, 0.2) is 59.8 Å². The van der Waals surface area contributed by atoms with Crippen molar-refractivity contribution < 1.29 is 14.3 Å². The zero-order valence-electron chi connectivity index (χ0n) is 12.5. The minimum Gasteiger partial charge on any atom is -0.477 e. The molecule has 6 heteroatoms. The number of fused-ring (bicyclic) bond motifs is 1. The van der Waals surface area contributed by atoms with E-state index in [2.05, 4.69) is 4.98 Å². The van der Waals surface area contributed by atoms with Crippen molar-refractivity contribution in [3.8, 4) is 0 Å². The third-order valence-corrected chi connectivity index (χ3v) is 3.60. The molecule has 24 heavy (non-hydrogen) atoms. The molecule has 0 radical (unpaired) electrons. The fourth-order valence-corrected chi connectivity index (χ4v) is 2.49. The molecule has 3 aromatic rings. The highest BCUT2D eigenvalue weighted by Gasteiger charge is 2.16. The quantitative estimate of drug-likeness (QED) is 0.801. The molecule has 0 bridgehead atoms. The van der Waals surface area contributed by atoms with Crippen LogP contribution < -0.4 is 5.43 Å². The largest absolute Gasteiger partial charge is 0.477 e. The minimum absolute atomic E-state index is 0.0483. The highest BCUT2D eigenvalue weighted by atomic mass is 19.1. The van der Waals surface area contributed by atoms with Gasteiger partial charge in [-0.15, -0.1) is 0 Å². The molecule has 0 aliphatic rings. The highest BCUT2D eigenvalue weighted by Crippen LogP contribution is 2.16. The van der Waals surface area contributed by atoms with Gasteiger partial charge in [-0.25, -0.2) is 9.18 Å². The van der Waals surface area contributed by atoms with Crippen molar-refractivity contribution in [1.82, 2.24) is 9.55 Å². The number of hydrogen-bond acceptors (Lipinski definition) is 3. The van der Waals surface area contributed by atoms with E-state index in [0.717, 1.165) is 5.56 Å². The topological polar surface area (TPSA) is 72.2 Å².